The van der Waals surface area contributed by atoms with Gasteiger partial charge < -0.3 is 19.5 Å². The maximum Gasteiger partial charge on any atom is 0.324 e. The number of carbonyl (C=O) groups excluding carboxylic acids is 2. The molecule has 1 aromatic rings. The van der Waals surface area contributed by atoms with Crippen LogP contribution in [-0.2, 0) is 9.53 Å². The van der Waals surface area contributed by atoms with E-state index in [1.807, 2.05) is 0 Å². The van der Waals surface area contributed by atoms with Gasteiger partial charge in [-0.15, -0.1) is 0 Å². The van der Waals surface area contributed by atoms with Gasteiger partial charge in [0, 0.05) is 23.6 Å². The van der Waals surface area contributed by atoms with Crippen LogP contribution in [0, 0.1) is 5.92 Å². The van der Waals surface area contributed by atoms with Gasteiger partial charge in [-0.25, -0.2) is 5.43 Å². The monoisotopic (exact) mass is 347 g/mol. The fourth-order valence-electron chi connectivity index (χ4n) is 3.86. The molecule has 3 N–H and O–H groups in total. The van der Waals surface area contributed by atoms with Gasteiger partial charge in [-0.05, 0) is 37.5 Å². The number of carbonyl (C=O) groups is 2. The summed E-state index contributed by atoms with van der Waals surface area (Å²) in [6.07, 6.45) is 2.47. The number of benzene rings is 1. The van der Waals surface area contributed by atoms with Gasteiger partial charge in [0.15, 0.2) is 11.5 Å². The molecule has 0 spiro atoms. The second-order valence-electron chi connectivity index (χ2n) is 6.61. The summed E-state index contributed by atoms with van der Waals surface area (Å²) in [6.45, 7) is 0.182. The molecule has 1 saturated carbocycles. The molecule has 8 heteroatoms. The van der Waals surface area contributed by atoms with Crippen molar-refractivity contribution in [1.29, 1.82) is 0 Å². The van der Waals surface area contributed by atoms with Crippen molar-refractivity contribution in [2.45, 2.75) is 37.4 Å². The highest BCUT2D eigenvalue weighted by atomic mass is 16.7. The van der Waals surface area contributed by atoms with Crippen molar-refractivity contribution >= 4 is 11.9 Å². The zero-order valence-corrected chi connectivity index (χ0v) is 13.9. The molecule has 0 radical (unpaired) electrons. The van der Waals surface area contributed by atoms with Crippen LogP contribution in [-0.4, -0.2) is 43.9 Å². The first-order valence-corrected chi connectivity index (χ1v) is 8.45. The number of methoxy groups -OCH3 is 1. The molecule has 4 rings (SSSR count). The summed E-state index contributed by atoms with van der Waals surface area (Å²) < 4.78 is 15.4. The van der Waals surface area contributed by atoms with Gasteiger partial charge in [-0.2, -0.15) is 0 Å². The van der Waals surface area contributed by atoms with Crippen LogP contribution < -0.4 is 25.6 Å². The van der Waals surface area contributed by atoms with Crippen molar-refractivity contribution in [3.05, 3.63) is 23.8 Å². The molecular weight excluding hydrogens is 326 g/mol. The van der Waals surface area contributed by atoms with Crippen molar-refractivity contribution in [3.63, 3.8) is 0 Å². The molecule has 1 amide bonds. The number of fused-ring (bicyclic) bond motifs is 2. The summed E-state index contributed by atoms with van der Waals surface area (Å²) in [5, 5.41) is 3.07. The first-order valence-electron chi connectivity index (χ1n) is 8.45. The third kappa shape index (κ3) is 3.03. The summed E-state index contributed by atoms with van der Waals surface area (Å²) in [7, 11) is 1.39. The van der Waals surface area contributed by atoms with Crippen molar-refractivity contribution in [1.82, 2.24) is 16.2 Å². The molecule has 2 fully saturated rings. The Balaban J connectivity index is 1.41. The van der Waals surface area contributed by atoms with E-state index in [4.69, 9.17) is 14.2 Å². The number of amides is 1. The molecule has 1 saturated heterocycles. The lowest BCUT2D eigenvalue weighted by Gasteiger charge is -2.32. The molecule has 2 aliphatic heterocycles. The molecule has 3 aliphatic rings. The minimum atomic E-state index is -0.375. The molecule has 4 unspecified atom stereocenters. The maximum absolute atomic E-state index is 12.5. The standard InChI is InChI=1S/C17H21N3O5/c1-23-17(22)15-11-7-10(3-4-12(11)19-20-15)18-16(21)9-2-5-13-14(6-9)25-8-24-13/h2,5-6,10-12,15,19-20H,3-4,7-8H2,1H3,(H,18,21). The molecule has 0 aromatic heterocycles. The van der Waals surface area contributed by atoms with Crippen molar-refractivity contribution in [3.8, 4) is 11.5 Å². The summed E-state index contributed by atoms with van der Waals surface area (Å²) in [6, 6.07) is 5.03. The molecular formula is C17H21N3O5. The number of esters is 1. The SMILES string of the molecule is COC(=O)C1NNC2CCC(NC(=O)c3ccc4c(c3)OCO4)CC21. The maximum atomic E-state index is 12.5. The number of hydrazine groups is 1. The average Bonchev–Trinajstić information content (AvgIpc) is 3.26. The minimum absolute atomic E-state index is 0.0213. The Labute approximate surface area is 145 Å². The normalized spacial score (nSPS) is 29.8. The second-order valence-corrected chi connectivity index (χ2v) is 6.61. The van der Waals surface area contributed by atoms with E-state index in [1.165, 1.54) is 7.11 Å². The Kier molecular flexibility index (Phi) is 4.22. The lowest BCUT2D eigenvalue weighted by Crippen LogP contribution is -2.46. The highest BCUT2D eigenvalue weighted by molar-refractivity contribution is 5.95. The minimum Gasteiger partial charge on any atom is -0.468 e. The zero-order valence-electron chi connectivity index (χ0n) is 13.9. The lowest BCUT2D eigenvalue weighted by molar-refractivity contribution is -0.144. The molecule has 134 valence electrons. The van der Waals surface area contributed by atoms with Crippen molar-refractivity contribution < 1.29 is 23.8 Å². The number of rotatable bonds is 3. The van der Waals surface area contributed by atoms with Crippen molar-refractivity contribution in [2.24, 2.45) is 5.92 Å². The van der Waals surface area contributed by atoms with E-state index < -0.39 is 0 Å². The van der Waals surface area contributed by atoms with Gasteiger partial charge in [0.2, 0.25) is 6.79 Å². The van der Waals surface area contributed by atoms with Crippen LogP contribution in [0.2, 0.25) is 0 Å². The van der Waals surface area contributed by atoms with Crippen LogP contribution in [0.5, 0.6) is 11.5 Å². The zero-order chi connectivity index (χ0) is 17.4. The molecule has 1 aliphatic carbocycles. The predicted octanol–water partition coefficient (Wildman–Crippen LogP) is 0.332. The Hall–Kier alpha value is -2.32. The smallest absolute Gasteiger partial charge is 0.324 e. The van der Waals surface area contributed by atoms with Gasteiger partial charge >= 0.3 is 5.97 Å². The van der Waals surface area contributed by atoms with Gasteiger partial charge in [0.25, 0.3) is 5.91 Å². The Morgan fingerprint density at radius 2 is 2.04 bits per heavy atom. The largest absolute Gasteiger partial charge is 0.468 e. The van der Waals surface area contributed by atoms with Crippen LogP contribution in [0.15, 0.2) is 18.2 Å². The third-order valence-corrected chi connectivity index (χ3v) is 5.18. The van der Waals surface area contributed by atoms with Crippen LogP contribution in [0.25, 0.3) is 0 Å². The molecule has 25 heavy (non-hydrogen) atoms. The van der Waals surface area contributed by atoms with E-state index in [2.05, 4.69) is 16.2 Å². The van der Waals surface area contributed by atoms with Crippen LogP contribution in [0.1, 0.15) is 29.6 Å². The topological polar surface area (TPSA) is 97.9 Å². The Morgan fingerprint density at radius 1 is 1.20 bits per heavy atom. The first kappa shape index (κ1) is 16.2. The molecule has 2 heterocycles. The van der Waals surface area contributed by atoms with E-state index in [-0.39, 0.29) is 42.7 Å². The van der Waals surface area contributed by atoms with Crippen LogP contribution in [0.4, 0.5) is 0 Å². The van der Waals surface area contributed by atoms with Gasteiger partial charge in [-0.1, -0.05) is 0 Å². The number of hydrogen-bond donors (Lipinski definition) is 3. The number of nitrogens with one attached hydrogen (secondary N) is 3. The Morgan fingerprint density at radius 3 is 2.88 bits per heavy atom. The summed E-state index contributed by atoms with van der Waals surface area (Å²) in [4.78, 5) is 24.4. The van der Waals surface area contributed by atoms with E-state index in [1.54, 1.807) is 18.2 Å². The van der Waals surface area contributed by atoms with Crippen LogP contribution >= 0.6 is 0 Å². The fourth-order valence-corrected chi connectivity index (χ4v) is 3.86. The second kappa shape index (κ2) is 6.53. The highest BCUT2D eigenvalue weighted by Crippen LogP contribution is 2.33. The highest BCUT2D eigenvalue weighted by Gasteiger charge is 2.44. The summed E-state index contributed by atoms with van der Waals surface area (Å²) in [5.74, 6) is 0.925. The van der Waals surface area contributed by atoms with E-state index >= 15 is 0 Å². The quantitative estimate of drug-likeness (QED) is 0.678. The van der Waals surface area contributed by atoms with Crippen LogP contribution in [0.3, 0.4) is 0 Å². The summed E-state index contributed by atoms with van der Waals surface area (Å²) >= 11 is 0. The lowest BCUT2D eigenvalue weighted by atomic mass is 9.79. The molecule has 1 aromatic carbocycles. The predicted molar refractivity (Wildman–Crippen MR) is 87.0 cm³/mol. The van der Waals surface area contributed by atoms with Gasteiger partial charge in [0.05, 0.1) is 7.11 Å². The van der Waals surface area contributed by atoms with Gasteiger partial charge in [-0.3, -0.25) is 15.0 Å². The third-order valence-electron chi connectivity index (χ3n) is 5.18. The van der Waals surface area contributed by atoms with Crippen molar-refractivity contribution in [2.75, 3.05) is 13.9 Å². The van der Waals surface area contributed by atoms with E-state index in [9.17, 15) is 9.59 Å². The summed E-state index contributed by atoms with van der Waals surface area (Å²) in [5.41, 5.74) is 6.72. The number of hydrogen-bond acceptors (Lipinski definition) is 7. The Bertz CT molecular complexity index is 695. The van der Waals surface area contributed by atoms with E-state index in [0.717, 1.165) is 19.3 Å². The van der Waals surface area contributed by atoms with Gasteiger partial charge in [0.1, 0.15) is 6.04 Å². The van der Waals surface area contributed by atoms with E-state index in [0.29, 0.717) is 17.1 Å². The average molecular weight is 347 g/mol. The molecule has 0 bridgehead atoms. The molecule has 4 atom stereocenters. The molecule has 8 nitrogen and oxygen atoms in total. The number of ether oxygens (including phenoxy) is 3. The fraction of sp³-hybridized carbons (Fsp3) is 0.529. The first-order chi connectivity index (χ1) is 12.2.